The Hall–Kier alpha value is -0.0300. The molecule has 0 spiro atoms. The number of rotatable bonds is 3. The molecule has 1 saturated heterocycles. The average Bonchev–Trinajstić information content (AvgIpc) is 2.39. The summed E-state index contributed by atoms with van der Waals surface area (Å²) in [6, 6.07) is 0.467. The molecule has 1 aliphatic heterocycles. The minimum Gasteiger partial charge on any atom is -0.341 e. The van der Waals surface area contributed by atoms with Gasteiger partial charge in [0.1, 0.15) is 0 Å². The lowest BCUT2D eigenvalue weighted by atomic mass is 9.85. The SMILES string of the molecule is CC1CCCCC1N(C)C(=O)CN1CCNCC1.Cl.Cl. The van der Waals surface area contributed by atoms with Crippen LogP contribution >= 0.6 is 24.8 Å². The zero-order valence-corrected chi connectivity index (χ0v) is 14.3. The molecule has 4 nitrogen and oxygen atoms in total. The van der Waals surface area contributed by atoms with E-state index in [4.69, 9.17) is 0 Å². The third-order valence-electron chi connectivity index (χ3n) is 4.53. The summed E-state index contributed by atoms with van der Waals surface area (Å²) in [5.41, 5.74) is 0. The Morgan fingerprint density at radius 2 is 1.80 bits per heavy atom. The Bertz CT molecular complexity index is 286. The first kappa shape index (κ1) is 20.0. The summed E-state index contributed by atoms with van der Waals surface area (Å²) in [4.78, 5) is 16.6. The lowest BCUT2D eigenvalue weighted by molar-refractivity contribution is -0.135. The van der Waals surface area contributed by atoms with E-state index in [2.05, 4.69) is 17.1 Å². The van der Waals surface area contributed by atoms with E-state index >= 15 is 0 Å². The topological polar surface area (TPSA) is 35.6 Å². The van der Waals surface area contributed by atoms with Crippen molar-refractivity contribution in [1.29, 1.82) is 0 Å². The van der Waals surface area contributed by atoms with E-state index in [1.165, 1.54) is 25.7 Å². The molecule has 2 atom stereocenters. The molecular formula is C14H29Cl2N3O. The van der Waals surface area contributed by atoms with E-state index < -0.39 is 0 Å². The first-order chi connectivity index (χ1) is 8.68. The molecule has 1 aliphatic carbocycles. The maximum absolute atomic E-state index is 12.3. The molecule has 6 heteroatoms. The van der Waals surface area contributed by atoms with Gasteiger partial charge in [0.25, 0.3) is 0 Å². The summed E-state index contributed by atoms with van der Waals surface area (Å²) in [6.07, 6.45) is 5.07. The van der Waals surface area contributed by atoms with Gasteiger partial charge in [0, 0.05) is 39.3 Å². The number of carbonyl (C=O) groups excluding carboxylic acids is 1. The van der Waals surface area contributed by atoms with Gasteiger partial charge in [0.05, 0.1) is 6.54 Å². The summed E-state index contributed by atoms with van der Waals surface area (Å²) >= 11 is 0. The van der Waals surface area contributed by atoms with Gasteiger partial charge >= 0.3 is 0 Å². The second-order valence-corrected chi connectivity index (χ2v) is 5.86. The summed E-state index contributed by atoms with van der Waals surface area (Å²) in [5.74, 6) is 0.964. The largest absolute Gasteiger partial charge is 0.341 e. The molecule has 1 N–H and O–H groups in total. The molecule has 20 heavy (non-hydrogen) atoms. The van der Waals surface area contributed by atoms with Gasteiger partial charge in [-0.2, -0.15) is 0 Å². The Morgan fingerprint density at radius 1 is 1.20 bits per heavy atom. The van der Waals surface area contributed by atoms with Crippen molar-refractivity contribution in [2.75, 3.05) is 39.8 Å². The maximum Gasteiger partial charge on any atom is 0.236 e. The van der Waals surface area contributed by atoms with E-state index in [1.54, 1.807) is 0 Å². The highest BCUT2D eigenvalue weighted by Crippen LogP contribution is 2.27. The van der Waals surface area contributed by atoms with Crippen LogP contribution in [0.5, 0.6) is 0 Å². The van der Waals surface area contributed by atoms with Gasteiger partial charge in [0.15, 0.2) is 0 Å². The van der Waals surface area contributed by atoms with Crippen molar-refractivity contribution in [2.24, 2.45) is 5.92 Å². The number of nitrogens with one attached hydrogen (secondary N) is 1. The van der Waals surface area contributed by atoms with Crippen LogP contribution in [0.4, 0.5) is 0 Å². The summed E-state index contributed by atoms with van der Waals surface area (Å²) in [5, 5.41) is 3.32. The first-order valence-electron chi connectivity index (χ1n) is 7.37. The predicted octanol–water partition coefficient (Wildman–Crippen LogP) is 1.77. The quantitative estimate of drug-likeness (QED) is 0.859. The first-order valence-corrected chi connectivity index (χ1v) is 7.37. The molecular weight excluding hydrogens is 297 g/mol. The van der Waals surface area contributed by atoms with Gasteiger partial charge in [-0.05, 0) is 18.8 Å². The molecule has 0 aromatic heterocycles. The zero-order valence-electron chi connectivity index (χ0n) is 12.6. The molecule has 0 aromatic rings. The standard InChI is InChI=1S/C14H27N3O.2ClH/c1-12-5-3-4-6-13(12)16(2)14(18)11-17-9-7-15-8-10-17;;/h12-13,15H,3-11H2,1-2H3;2*1H. The monoisotopic (exact) mass is 325 g/mol. The molecule has 1 heterocycles. The van der Waals surface area contributed by atoms with Crippen LogP contribution in [0.3, 0.4) is 0 Å². The van der Waals surface area contributed by atoms with Crippen molar-refractivity contribution >= 4 is 30.7 Å². The van der Waals surface area contributed by atoms with Crippen LogP contribution in [-0.4, -0.2) is 61.5 Å². The van der Waals surface area contributed by atoms with Gasteiger partial charge in [-0.25, -0.2) is 0 Å². The van der Waals surface area contributed by atoms with Crippen LogP contribution < -0.4 is 5.32 Å². The van der Waals surface area contributed by atoms with Crippen LogP contribution in [0.1, 0.15) is 32.6 Å². The lowest BCUT2D eigenvalue weighted by Crippen LogP contribution is -2.50. The normalized spacial score (nSPS) is 27.1. The third-order valence-corrected chi connectivity index (χ3v) is 4.53. The molecule has 2 rings (SSSR count). The summed E-state index contributed by atoms with van der Waals surface area (Å²) in [6.45, 7) is 6.91. The van der Waals surface area contributed by atoms with Crippen LogP contribution in [0.25, 0.3) is 0 Å². The highest BCUT2D eigenvalue weighted by molar-refractivity contribution is 5.85. The Labute approximate surface area is 135 Å². The van der Waals surface area contributed by atoms with E-state index in [9.17, 15) is 4.79 Å². The number of hydrogen-bond donors (Lipinski definition) is 1. The van der Waals surface area contributed by atoms with Gasteiger partial charge in [-0.1, -0.05) is 19.8 Å². The smallest absolute Gasteiger partial charge is 0.236 e. The number of amides is 1. The van der Waals surface area contributed by atoms with Crippen LogP contribution in [0.15, 0.2) is 0 Å². The van der Waals surface area contributed by atoms with Crippen molar-refractivity contribution in [2.45, 2.75) is 38.6 Å². The van der Waals surface area contributed by atoms with Crippen molar-refractivity contribution < 1.29 is 4.79 Å². The van der Waals surface area contributed by atoms with E-state index in [0.29, 0.717) is 24.4 Å². The zero-order chi connectivity index (χ0) is 13.0. The molecule has 2 fully saturated rings. The number of carbonyl (C=O) groups is 1. The molecule has 1 amide bonds. The highest BCUT2D eigenvalue weighted by atomic mass is 35.5. The minimum absolute atomic E-state index is 0. The highest BCUT2D eigenvalue weighted by Gasteiger charge is 2.28. The molecule has 0 radical (unpaired) electrons. The molecule has 0 aromatic carbocycles. The molecule has 2 aliphatic rings. The van der Waals surface area contributed by atoms with E-state index in [1.807, 2.05) is 11.9 Å². The number of halogens is 2. The number of nitrogens with zero attached hydrogens (tertiary/aromatic N) is 2. The van der Waals surface area contributed by atoms with Gasteiger partial charge in [-0.15, -0.1) is 24.8 Å². The van der Waals surface area contributed by atoms with Crippen molar-refractivity contribution in [1.82, 2.24) is 15.1 Å². The van der Waals surface area contributed by atoms with E-state index in [0.717, 1.165) is 26.2 Å². The lowest BCUT2D eigenvalue weighted by Gasteiger charge is -2.37. The van der Waals surface area contributed by atoms with E-state index in [-0.39, 0.29) is 24.8 Å². The second-order valence-electron chi connectivity index (χ2n) is 5.86. The molecule has 2 unspecified atom stereocenters. The van der Waals surface area contributed by atoms with Crippen LogP contribution in [-0.2, 0) is 4.79 Å². The van der Waals surface area contributed by atoms with Gasteiger partial charge in [0.2, 0.25) is 5.91 Å². The Kier molecular flexibility index (Phi) is 9.81. The van der Waals surface area contributed by atoms with Crippen LogP contribution in [0.2, 0.25) is 0 Å². The van der Waals surface area contributed by atoms with Crippen LogP contribution in [0, 0.1) is 5.92 Å². The van der Waals surface area contributed by atoms with Gasteiger partial charge < -0.3 is 10.2 Å². The van der Waals surface area contributed by atoms with Crippen molar-refractivity contribution in [3.05, 3.63) is 0 Å². The molecule has 120 valence electrons. The summed E-state index contributed by atoms with van der Waals surface area (Å²) < 4.78 is 0. The fourth-order valence-corrected chi connectivity index (χ4v) is 3.23. The average molecular weight is 326 g/mol. The third kappa shape index (κ3) is 5.40. The number of hydrogen-bond acceptors (Lipinski definition) is 3. The predicted molar refractivity (Wildman–Crippen MR) is 88.0 cm³/mol. The van der Waals surface area contributed by atoms with Crippen molar-refractivity contribution in [3.63, 3.8) is 0 Å². The Morgan fingerprint density at radius 3 is 2.40 bits per heavy atom. The Balaban J connectivity index is 0.00000180. The fourth-order valence-electron chi connectivity index (χ4n) is 3.23. The van der Waals surface area contributed by atoms with Gasteiger partial charge in [-0.3, -0.25) is 9.69 Å². The van der Waals surface area contributed by atoms with Crippen molar-refractivity contribution in [3.8, 4) is 0 Å². The minimum atomic E-state index is 0. The molecule has 1 saturated carbocycles. The molecule has 0 bridgehead atoms. The number of piperazine rings is 1. The summed E-state index contributed by atoms with van der Waals surface area (Å²) in [7, 11) is 2.00. The second kappa shape index (κ2) is 9.82. The maximum atomic E-state index is 12.3. The fraction of sp³-hybridized carbons (Fsp3) is 0.929. The number of likely N-dealkylation sites (N-methyl/N-ethyl adjacent to an activating group) is 1.